The molecule has 18 heavy (non-hydrogen) atoms. The van der Waals surface area contributed by atoms with E-state index in [2.05, 4.69) is 20.5 Å². The summed E-state index contributed by atoms with van der Waals surface area (Å²) < 4.78 is 1.35. The Labute approximate surface area is 108 Å². The number of carbonyl (C=O) groups is 1. The van der Waals surface area contributed by atoms with Gasteiger partial charge in [-0.15, -0.1) is 10.2 Å². The summed E-state index contributed by atoms with van der Waals surface area (Å²) in [5, 5.41) is 10.8. The molecule has 7 nitrogen and oxygen atoms in total. The van der Waals surface area contributed by atoms with Gasteiger partial charge in [0.25, 0.3) is 0 Å². The van der Waals surface area contributed by atoms with Crippen molar-refractivity contribution in [3.8, 4) is 0 Å². The zero-order valence-corrected chi connectivity index (χ0v) is 10.5. The van der Waals surface area contributed by atoms with Gasteiger partial charge in [-0.25, -0.2) is 9.66 Å². The summed E-state index contributed by atoms with van der Waals surface area (Å²) in [6.45, 7) is 1.74. The molecule has 8 heteroatoms. The van der Waals surface area contributed by atoms with Gasteiger partial charge in [0.2, 0.25) is 11.1 Å². The van der Waals surface area contributed by atoms with Crippen molar-refractivity contribution in [2.45, 2.75) is 12.1 Å². The van der Waals surface area contributed by atoms with Gasteiger partial charge < -0.3 is 11.2 Å². The summed E-state index contributed by atoms with van der Waals surface area (Å²) in [6.07, 6.45) is 1.61. The van der Waals surface area contributed by atoms with Crippen LogP contribution in [-0.2, 0) is 4.79 Å². The third kappa shape index (κ3) is 2.98. The summed E-state index contributed by atoms with van der Waals surface area (Å²) in [4.78, 5) is 15.6. The van der Waals surface area contributed by atoms with E-state index in [1.807, 2.05) is 0 Å². The molecule has 0 aliphatic carbocycles. The molecular formula is C10H12N6OS. The highest BCUT2D eigenvalue weighted by Gasteiger charge is 2.09. The van der Waals surface area contributed by atoms with Crippen LogP contribution in [0.3, 0.4) is 0 Å². The maximum absolute atomic E-state index is 11.6. The molecule has 3 N–H and O–H groups in total. The number of amides is 1. The number of anilines is 1. The van der Waals surface area contributed by atoms with E-state index in [1.54, 1.807) is 31.3 Å². The number of aromatic nitrogens is 4. The van der Waals surface area contributed by atoms with E-state index >= 15 is 0 Å². The van der Waals surface area contributed by atoms with Crippen LogP contribution < -0.4 is 11.2 Å². The Morgan fingerprint density at radius 1 is 1.50 bits per heavy atom. The SMILES string of the molecule is Cc1nnc(SCC(=O)Nc2ccccn2)n1N. The van der Waals surface area contributed by atoms with Crippen LogP contribution in [0.1, 0.15) is 5.82 Å². The lowest BCUT2D eigenvalue weighted by Gasteiger charge is -2.03. The molecule has 1 amide bonds. The average Bonchev–Trinajstić information content (AvgIpc) is 2.69. The minimum absolute atomic E-state index is 0.167. The first kappa shape index (κ1) is 12.4. The number of nitrogens with zero attached hydrogens (tertiary/aromatic N) is 4. The predicted octanol–water partition coefficient (Wildman–Crippen LogP) is 0.426. The third-order valence-corrected chi connectivity index (χ3v) is 3.04. The number of rotatable bonds is 4. The lowest BCUT2D eigenvalue weighted by molar-refractivity contribution is -0.113. The second kappa shape index (κ2) is 5.50. The van der Waals surface area contributed by atoms with Gasteiger partial charge in [-0.05, 0) is 19.1 Å². The van der Waals surface area contributed by atoms with Crippen LogP contribution in [0.25, 0.3) is 0 Å². The van der Waals surface area contributed by atoms with E-state index in [-0.39, 0.29) is 11.7 Å². The number of nitrogens with two attached hydrogens (primary N) is 1. The first-order chi connectivity index (χ1) is 8.66. The van der Waals surface area contributed by atoms with Crippen molar-refractivity contribution >= 4 is 23.5 Å². The number of hydrogen-bond donors (Lipinski definition) is 2. The second-order valence-electron chi connectivity index (χ2n) is 3.45. The van der Waals surface area contributed by atoms with E-state index in [4.69, 9.17) is 5.84 Å². The fourth-order valence-corrected chi connectivity index (χ4v) is 1.90. The standard InChI is InChI=1S/C10H12N6OS/c1-7-14-15-10(16(7)11)18-6-9(17)13-8-4-2-3-5-12-8/h2-5H,6,11H2,1H3,(H,12,13,17). The summed E-state index contributed by atoms with van der Waals surface area (Å²) in [5.74, 6) is 6.82. The monoisotopic (exact) mass is 264 g/mol. The molecule has 0 unspecified atom stereocenters. The van der Waals surface area contributed by atoms with Crippen molar-refractivity contribution in [1.82, 2.24) is 19.9 Å². The zero-order valence-electron chi connectivity index (χ0n) is 9.70. The van der Waals surface area contributed by atoms with Gasteiger partial charge in [-0.2, -0.15) is 0 Å². The van der Waals surface area contributed by atoms with Crippen LogP contribution in [0.5, 0.6) is 0 Å². The molecule has 0 fully saturated rings. The summed E-state index contributed by atoms with van der Waals surface area (Å²) >= 11 is 1.22. The highest BCUT2D eigenvalue weighted by molar-refractivity contribution is 7.99. The minimum Gasteiger partial charge on any atom is -0.336 e. The number of aryl methyl sites for hydroxylation is 1. The molecule has 0 bridgehead atoms. The molecule has 2 heterocycles. The minimum atomic E-state index is -0.167. The Morgan fingerprint density at radius 3 is 2.94 bits per heavy atom. The molecule has 0 aromatic carbocycles. The highest BCUT2D eigenvalue weighted by Crippen LogP contribution is 2.14. The van der Waals surface area contributed by atoms with E-state index in [1.165, 1.54) is 16.4 Å². The van der Waals surface area contributed by atoms with E-state index in [0.717, 1.165) is 0 Å². The van der Waals surface area contributed by atoms with Crippen LogP contribution in [0.4, 0.5) is 5.82 Å². The largest absolute Gasteiger partial charge is 0.336 e. The van der Waals surface area contributed by atoms with Gasteiger partial charge in [0.15, 0.2) is 0 Å². The van der Waals surface area contributed by atoms with Gasteiger partial charge >= 0.3 is 0 Å². The number of nitrogens with one attached hydrogen (secondary N) is 1. The average molecular weight is 264 g/mol. The molecule has 0 aliphatic heterocycles. The van der Waals surface area contributed by atoms with Gasteiger partial charge in [0.05, 0.1) is 5.75 Å². The van der Waals surface area contributed by atoms with Crippen LogP contribution in [0.2, 0.25) is 0 Å². The number of hydrogen-bond acceptors (Lipinski definition) is 6. The normalized spacial score (nSPS) is 10.3. The molecule has 94 valence electrons. The fraction of sp³-hybridized carbons (Fsp3) is 0.200. The molecule has 0 radical (unpaired) electrons. The molecule has 2 rings (SSSR count). The summed E-state index contributed by atoms with van der Waals surface area (Å²) in [5.41, 5.74) is 0. The van der Waals surface area contributed by atoms with Gasteiger partial charge in [0.1, 0.15) is 11.6 Å². The first-order valence-electron chi connectivity index (χ1n) is 5.17. The van der Waals surface area contributed by atoms with Crippen molar-refractivity contribution in [3.63, 3.8) is 0 Å². The second-order valence-corrected chi connectivity index (χ2v) is 4.39. The van der Waals surface area contributed by atoms with Crippen molar-refractivity contribution < 1.29 is 4.79 Å². The molecule has 0 spiro atoms. The Morgan fingerprint density at radius 2 is 2.33 bits per heavy atom. The van der Waals surface area contributed by atoms with Gasteiger partial charge in [-0.1, -0.05) is 17.8 Å². The zero-order chi connectivity index (χ0) is 13.0. The Hall–Kier alpha value is -2.09. The number of nitrogen functional groups attached to an aromatic ring is 1. The lowest BCUT2D eigenvalue weighted by atomic mass is 10.4. The topological polar surface area (TPSA) is 98.7 Å². The molecule has 0 atom stereocenters. The van der Waals surface area contributed by atoms with E-state index in [9.17, 15) is 4.79 Å². The Balaban J connectivity index is 1.87. The fourth-order valence-electron chi connectivity index (χ4n) is 1.19. The molecule has 2 aromatic heterocycles. The van der Waals surface area contributed by atoms with E-state index < -0.39 is 0 Å². The summed E-state index contributed by atoms with van der Waals surface area (Å²) in [7, 11) is 0. The first-order valence-corrected chi connectivity index (χ1v) is 6.16. The Bertz CT molecular complexity index is 541. The van der Waals surface area contributed by atoms with Crippen molar-refractivity contribution in [1.29, 1.82) is 0 Å². The number of pyridine rings is 1. The van der Waals surface area contributed by atoms with E-state index in [0.29, 0.717) is 16.8 Å². The maximum atomic E-state index is 11.6. The third-order valence-electron chi connectivity index (χ3n) is 2.10. The van der Waals surface area contributed by atoms with Gasteiger partial charge in [-0.3, -0.25) is 4.79 Å². The summed E-state index contributed by atoms with van der Waals surface area (Å²) in [6, 6.07) is 5.30. The van der Waals surface area contributed by atoms with Crippen molar-refractivity contribution in [3.05, 3.63) is 30.2 Å². The van der Waals surface area contributed by atoms with Crippen molar-refractivity contribution in [2.24, 2.45) is 0 Å². The molecular weight excluding hydrogens is 252 g/mol. The Kier molecular flexibility index (Phi) is 3.78. The molecule has 0 saturated heterocycles. The maximum Gasteiger partial charge on any atom is 0.236 e. The van der Waals surface area contributed by atoms with Crippen LogP contribution in [0.15, 0.2) is 29.6 Å². The van der Waals surface area contributed by atoms with Crippen LogP contribution in [-0.4, -0.2) is 31.5 Å². The highest BCUT2D eigenvalue weighted by atomic mass is 32.2. The van der Waals surface area contributed by atoms with Crippen LogP contribution >= 0.6 is 11.8 Å². The number of carbonyl (C=O) groups excluding carboxylic acids is 1. The molecule has 0 saturated carbocycles. The molecule has 0 aliphatic rings. The van der Waals surface area contributed by atoms with Crippen molar-refractivity contribution in [2.75, 3.05) is 16.9 Å². The quantitative estimate of drug-likeness (QED) is 0.613. The lowest BCUT2D eigenvalue weighted by Crippen LogP contribution is -2.17. The number of thioether (sulfide) groups is 1. The molecule has 2 aromatic rings. The van der Waals surface area contributed by atoms with Gasteiger partial charge in [0, 0.05) is 6.20 Å². The van der Waals surface area contributed by atoms with Crippen LogP contribution in [0, 0.1) is 6.92 Å². The predicted molar refractivity (Wildman–Crippen MR) is 68.5 cm³/mol. The smallest absolute Gasteiger partial charge is 0.236 e.